The van der Waals surface area contributed by atoms with E-state index in [1.165, 1.54) is 27.8 Å². The Balaban J connectivity index is 1.82. The fourth-order valence-electron chi connectivity index (χ4n) is 4.24. The van der Waals surface area contributed by atoms with E-state index in [1.54, 1.807) is 14.2 Å². The minimum absolute atomic E-state index is 0.108. The standard InChI is InChI=1S/C25H26ClNO2/c1-17-7-4-5-8-20(17)16-27-12-11-18-14-23(28-2)24(29-3)15-22(18)25(27)19-9-6-10-21(26)13-19/h4-10,13-15,25H,11-12,16H2,1-3H3/t25-/m1/s1. The lowest BCUT2D eigenvalue weighted by atomic mass is 9.87. The Morgan fingerprint density at radius 3 is 2.45 bits per heavy atom. The number of nitrogens with zero attached hydrogens (tertiary/aromatic N) is 1. The molecule has 0 spiro atoms. The third-order valence-corrected chi connectivity index (χ3v) is 6.01. The summed E-state index contributed by atoms with van der Waals surface area (Å²) in [4.78, 5) is 2.53. The molecule has 1 heterocycles. The van der Waals surface area contributed by atoms with Crippen LogP contribution in [-0.2, 0) is 13.0 Å². The second kappa shape index (κ2) is 8.48. The average Bonchev–Trinajstić information content (AvgIpc) is 2.74. The Labute approximate surface area is 177 Å². The van der Waals surface area contributed by atoms with Crippen LogP contribution in [0.3, 0.4) is 0 Å². The SMILES string of the molecule is COc1cc2c(cc1OC)[C@@H](c1cccc(Cl)c1)N(Cc1ccccc1C)CC2. The van der Waals surface area contributed by atoms with Gasteiger partial charge in [0.15, 0.2) is 11.5 Å². The topological polar surface area (TPSA) is 21.7 Å². The van der Waals surface area contributed by atoms with E-state index in [-0.39, 0.29) is 6.04 Å². The van der Waals surface area contributed by atoms with E-state index in [4.69, 9.17) is 21.1 Å². The van der Waals surface area contributed by atoms with Gasteiger partial charge < -0.3 is 9.47 Å². The van der Waals surface area contributed by atoms with Gasteiger partial charge in [-0.2, -0.15) is 0 Å². The molecule has 0 unspecified atom stereocenters. The van der Waals surface area contributed by atoms with E-state index < -0.39 is 0 Å². The van der Waals surface area contributed by atoms with Crippen LogP contribution in [0.25, 0.3) is 0 Å². The summed E-state index contributed by atoms with van der Waals surface area (Å²) in [7, 11) is 3.37. The maximum Gasteiger partial charge on any atom is 0.161 e. The summed E-state index contributed by atoms with van der Waals surface area (Å²) in [5.41, 5.74) is 6.41. The second-order valence-corrected chi connectivity index (χ2v) is 7.95. The van der Waals surface area contributed by atoms with Gasteiger partial charge in [0.05, 0.1) is 20.3 Å². The molecule has 3 aromatic carbocycles. The molecule has 0 aromatic heterocycles. The molecule has 0 aliphatic carbocycles. The van der Waals surface area contributed by atoms with E-state index in [9.17, 15) is 0 Å². The summed E-state index contributed by atoms with van der Waals surface area (Å²) in [6, 6.07) is 21.1. The number of benzene rings is 3. The molecule has 0 bridgehead atoms. The normalized spacial score (nSPS) is 16.3. The molecular formula is C25H26ClNO2. The highest BCUT2D eigenvalue weighted by molar-refractivity contribution is 6.30. The molecular weight excluding hydrogens is 382 g/mol. The lowest BCUT2D eigenvalue weighted by Gasteiger charge is -2.38. The third-order valence-electron chi connectivity index (χ3n) is 5.77. The van der Waals surface area contributed by atoms with Gasteiger partial charge in [0, 0.05) is 18.1 Å². The van der Waals surface area contributed by atoms with Crippen LogP contribution in [0.4, 0.5) is 0 Å². The predicted molar refractivity (Wildman–Crippen MR) is 118 cm³/mol. The maximum atomic E-state index is 6.37. The zero-order chi connectivity index (χ0) is 20.4. The number of fused-ring (bicyclic) bond motifs is 1. The van der Waals surface area contributed by atoms with Gasteiger partial charge >= 0.3 is 0 Å². The molecule has 1 aliphatic rings. The molecule has 1 atom stereocenters. The van der Waals surface area contributed by atoms with E-state index >= 15 is 0 Å². The van der Waals surface area contributed by atoms with E-state index in [2.05, 4.69) is 60.4 Å². The number of ether oxygens (including phenoxy) is 2. The highest BCUT2D eigenvalue weighted by atomic mass is 35.5. The molecule has 3 aromatic rings. The van der Waals surface area contributed by atoms with Gasteiger partial charge in [-0.15, -0.1) is 0 Å². The predicted octanol–water partition coefficient (Wildman–Crippen LogP) is 5.81. The van der Waals surface area contributed by atoms with Crippen molar-refractivity contribution in [2.45, 2.75) is 25.9 Å². The Morgan fingerprint density at radius 1 is 0.966 bits per heavy atom. The number of aryl methyl sites for hydroxylation is 1. The summed E-state index contributed by atoms with van der Waals surface area (Å²) < 4.78 is 11.2. The molecule has 29 heavy (non-hydrogen) atoms. The van der Waals surface area contributed by atoms with Crippen molar-refractivity contribution < 1.29 is 9.47 Å². The average molecular weight is 408 g/mol. The molecule has 0 saturated heterocycles. The van der Waals surface area contributed by atoms with E-state index in [0.29, 0.717) is 0 Å². The lowest BCUT2D eigenvalue weighted by Crippen LogP contribution is -2.36. The highest BCUT2D eigenvalue weighted by Gasteiger charge is 2.30. The first-order valence-corrected chi connectivity index (χ1v) is 10.3. The van der Waals surface area contributed by atoms with Crippen molar-refractivity contribution in [1.29, 1.82) is 0 Å². The molecule has 0 fully saturated rings. The maximum absolute atomic E-state index is 6.37. The minimum Gasteiger partial charge on any atom is -0.493 e. The quantitative estimate of drug-likeness (QED) is 0.532. The Bertz CT molecular complexity index is 1020. The first kappa shape index (κ1) is 19.8. The first-order chi connectivity index (χ1) is 14.1. The summed E-state index contributed by atoms with van der Waals surface area (Å²) in [6.07, 6.45) is 0.971. The molecule has 0 amide bonds. The van der Waals surface area contributed by atoms with Crippen LogP contribution in [0.5, 0.6) is 11.5 Å². The summed E-state index contributed by atoms with van der Waals surface area (Å²) in [6.45, 7) is 4.03. The molecule has 4 heteroatoms. The fraction of sp³-hybridized carbons (Fsp3) is 0.280. The van der Waals surface area contributed by atoms with Crippen LogP contribution >= 0.6 is 11.6 Å². The van der Waals surface area contributed by atoms with Crippen molar-refractivity contribution in [3.05, 3.63) is 93.5 Å². The monoisotopic (exact) mass is 407 g/mol. The van der Waals surface area contributed by atoms with Crippen molar-refractivity contribution >= 4 is 11.6 Å². The zero-order valence-corrected chi connectivity index (χ0v) is 17.9. The molecule has 0 radical (unpaired) electrons. The van der Waals surface area contributed by atoms with Crippen molar-refractivity contribution in [1.82, 2.24) is 4.90 Å². The van der Waals surface area contributed by atoms with Gasteiger partial charge in [-0.3, -0.25) is 4.90 Å². The summed E-state index contributed by atoms with van der Waals surface area (Å²) in [5, 5.41) is 0.756. The molecule has 0 N–H and O–H groups in total. The zero-order valence-electron chi connectivity index (χ0n) is 17.1. The fourth-order valence-corrected chi connectivity index (χ4v) is 4.44. The van der Waals surface area contributed by atoms with Gasteiger partial charge in [-0.05, 0) is 65.4 Å². The van der Waals surface area contributed by atoms with E-state index in [1.807, 2.05) is 12.1 Å². The molecule has 1 aliphatic heterocycles. The Morgan fingerprint density at radius 2 is 1.72 bits per heavy atom. The van der Waals surface area contributed by atoms with Crippen molar-refractivity contribution in [2.75, 3.05) is 20.8 Å². The van der Waals surface area contributed by atoms with Gasteiger partial charge in [-0.25, -0.2) is 0 Å². The van der Waals surface area contributed by atoms with Crippen LogP contribution in [-0.4, -0.2) is 25.7 Å². The smallest absolute Gasteiger partial charge is 0.161 e. The van der Waals surface area contributed by atoms with Crippen molar-refractivity contribution in [3.8, 4) is 11.5 Å². The largest absolute Gasteiger partial charge is 0.493 e. The number of hydrogen-bond acceptors (Lipinski definition) is 3. The van der Waals surface area contributed by atoms with Crippen LogP contribution < -0.4 is 9.47 Å². The Kier molecular flexibility index (Phi) is 5.79. The Hall–Kier alpha value is -2.49. The molecule has 0 saturated carbocycles. The van der Waals surface area contributed by atoms with Gasteiger partial charge in [0.2, 0.25) is 0 Å². The van der Waals surface area contributed by atoms with Crippen LogP contribution in [0, 0.1) is 6.92 Å². The minimum atomic E-state index is 0.108. The van der Waals surface area contributed by atoms with Gasteiger partial charge in [-0.1, -0.05) is 48.0 Å². The number of hydrogen-bond donors (Lipinski definition) is 0. The van der Waals surface area contributed by atoms with Crippen LogP contribution in [0.1, 0.15) is 33.9 Å². The summed E-state index contributed by atoms with van der Waals surface area (Å²) in [5.74, 6) is 1.54. The number of halogens is 1. The van der Waals surface area contributed by atoms with Gasteiger partial charge in [0.1, 0.15) is 0 Å². The first-order valence-electron chi connectivity index (χ1n) is 9.89. The lowest BCUT2D eigenvalue weighted by molar-refractivity contribution is 0.203. The number of rotatable bonds is 5. The van der Waals surface area contributed by atoms with Crippen molar-refractivity contribution in [2.24, 2.45) is 0 Å². The second-order valence-electron chi connectivity index (χ2n) is 7.51. The molecule has 150 valence electrons. The number of methoxy groups -OCH3 is 2. The van der Waals surface area contributed by atoms with Crippen LogP contribution in [0.2, 0.25) is 5.02 Å². The van der Waals surface area contributed by atoms with Crippen molar-refractivity contribution in [3.63, 3.8) is 0 Å². The summed E-state index contributed by atoms with van der Waals surface area (Å²) >= 11 is 6.37. The molecule has 4 rings (SSSR count). The van der Waals surface area contributed by atoms with Crippen LogP contribution in [0.15, 0.2) is 60.7 Å². The van der Waals surface area contributed by atoms with E-state index in [0.717, 1.165) is 36.0 Å². The highest BCUT2D eigenvalue weighted by Crippen LogP contribution is 2.42. The van der Waals surface area contributed by atoms with Gasteiger partial charge in [0.25, 0.3) is 0 Å². The molecule has 3 nitrogen and oxygen atoms in total. The third kappa shape index (κ3) is 3.98.